The molecular weight excluding hydrogens is 416 g/mol. The summed E-state index contributed by atoms with van der Waals surface area (Å²) in [4.78, 5) is 10.7. The molecule has 34 heavy (non-hydrogen) atoms. The Kier molecular flexibility index (Phi) is 9.79. The highest BCUT2D eigenvalue weighted by atomic mass is 15.3. The number of likely N-dealkylation sites (tertiary alicyclic amines) is 2. The predicted molar refractivity (Wildman–Crippen MR) is 151 cm³/mol. The Morgan fingerprint density at radius 1 is 0.618 bits per heavy atom. The van der Waals surface area contributed by atoms with Gasteiger partial charge in [-0.15, -0.1) is 0 Å². The third kappa shape index (κ3) is 7.20. The van der Waals surface area contributed by atoms with Crippen LogP contribution in [0, 0.1) is 0 Å². The highest BCUT2D eigenvalue weighted by Gasteiger charge is 2.45. The lowest BCUT2D eigenvalue weighted by Gasteiger charge is -2.56. The van der Waals surface area contributed by atoms with E-state index < -0.39 is 0 Å². The van der Waals surface area contributed by atoms with Crippen LogP contribution in [0.1, 0.15) is 121 Å². The predicted octanol–water partition coefficient (Wildman–Crippen LogP) is 6.49. The Bertz CT molecular complexity index is 600. The molecule has 0 radical (unpaired) electrons. The van der Waals surface area contributed by atoms with Gasteiger partial charge in [-0.25, -0.2) is 0 Å². The van der Waals surface area contributed by atoms with Crippen LogP contribution >= 0.6 is 0 Å². The summed E-state index contributed by atoms with van der Waals surface area (Å²) in [5.74, 6) is 0. The Labute approximate surface area is 214 Å². The van der Waals surface area contributed by atoms with E-state index >= 15 is 0 Å². The molecule has 4 nitrogen and oxygen atoms in total. The number of rotatable bonds is 10. The lowest BCUT2D eigenvalue weighted by Crippen LogP contribution is -2.63. The van der Waals surface area contributed by atoms with Gasteiger partial charge in [0, 0.05) is 40.3 Å². The van der Waals surface area contributed by atoms with E-state index in [0.717, 1.165) is 0 Å². The summed E-state index contributed by atoms with van der Waals surface area (Å²) < 4.78 is 0. The minimum Gasteiger partial charge on any atom is -0.303 e. The maximum Gasteiger partial charge on any atom is 0.0170 e. The summed E-state index contributed by atoms with van der Waals surface area (Å²) in [7, 11) is 7.00. The zero-order valence-electron chi connectivity index (χ0n) is 25.6. The molecule has 0 atom stereocenters. The van der Waals surface area contributed by atoms with E-state index in [4.69, 9.17) is 0 Å². The first-order valence-electron chi connectivity index (χ1n) is 14.3. The maximum atomic E-state index is 2.82. The zero-order chi connectivity index (χ0) is 26.1. The molecule has 2 aliphatic rings. The Morgan fingerprint density at radius 2 is 0.971 bits per heavy atom. The smallest absolute Gasteiger partial charge is 0.0170 e. The monoisotopic (exact) mass is 478 g/mol. The highest BCUT2D eigenvalue weighted by molar-refractivity contribution is 5.02. The van der Waals surface area contributed by atoms with Crippen molar-refractivity contribution in [1.82, 2.24) is 19.6 Å². The molecular formula is C30H62N4. The number of unbranched alkanes of at least 4 members (excludes halogenated alkanes) is 3. The molecule has 2 heterocycles. The second kappa shape index (κ2) is 11.1. The van der Waals surface area contributed by atoms with E-state index in [1.165, 1.54) is 64.5 Å². The maximum absolute atomic E-state index is 2.82. The van der Waals surface area contributed by atoms with Gasteiger partial charge in [-0.2, -0.15) is 0 Å². The third-order valence-corrected chi connectivity index (χ3v) is 10.0. The van der Waals surface area contributed by atoms with Crippen molar-refractivity contribution in [2.75, 3.05) is 34.2 Å². The molecule has 0 aromatic rings. The molecule has 0 aromatic carbocycles. The molecule has 0 saturated carbocycles. The van der Waals surface area contributed by atoms with Crippen molar-refractivity contribution in [3.8, 4) is 0 Å². The Hall–Kier alpha value is -0.160. The SMILES string of the molecule is CC(C)N(CCCCCCN(C)C1CC(C)(C)N(C)C(C)(C)C1)C1CC(C)(C)N(C)C(C)(C)C1. The summed E-state index contributed by atoms with van der Waals surface area (Å²) in [5, 5.41) is 0. The van der Waals surface area contributed by atoms with Crippen LogP contribution < -0.4 is 0 Å². The van der Waals surface area contributed by atoms with E-state index in [9.17, 15) is 0 Å². The molecule has 2 rings (SSSR count). The molecule has 0 spiro atoms. The molecule has 202 valence electrons. The van der Waals surface area contributed by atoms with Crippen molar-refractivity contribution >= 4 is 0 Å². The number of nitrogens with zero attached hydrogens (tertiary/aromatic N) is 4. The standard InChI is InChI=1S/C30H62N4/c1-24(2)34(26-22-29(7,8)33(13)30(9,10)23-26)19-17-15-14-16-18-31(11)25-20-27(3,4)32(12)28(5,6)21-25/h24-26H,14-23H2,1-13H3. The molecule has 0 N–H and O–H groups in total. The van der Waals surface area contributed by atoms with Crippen molar-refractivity contribution < 1.29 is 0 Å². The van der Waals surface area contributed by atoms with E-state index in [0.29, 0.717) is 18.1 Å². The molecule has 0 aromatic heterocycles. The third-order valence-electron chi connectivity index (χ3n) is 10.0. The molecule has 0 amide bonds. The van der Waals surface area contributed by atoms with Crippen LogP contribution in [0.3, 0.4) is 0 Å². The van der Waals surface area contributed by atoms with Gasteiger partial charge in [0.15, 0.2) is 0 Å². The average Bonchev–Trinajstić information content (AvgIpc) is 2.68. The summed E-state index contributed by atoms with van der Waals surface area (Å²) in [6, 6.07) is 2.03. The van der Waals surface area contributed by atoms with E-state index in [1.807, 2.05) is 0 Å². The first-order valence-corrected chi connectivity index (χ1v) is 14.3. The van der Waals surface area contributed by atoms with Gasteiger partial charge in [0.2, 0.25) is 0 Å². The van der Waals surface area contributed by atoms with Gasteiger partial charge in [-0.05, 0) is 142 Å². The first-order chi connectivity index (χ1) is 15.4. The van der Waals surface area contributed by atoms with Crippen molar-refractivity contribution in [2.45, 2.75) is 161 Å². The topological polar surface area (TPSA) is 13.0 Å². The van der Waals surface area contributed by atoms with Gasteiger partial charge < -0.3 is 4.90 Å². The van der Waals surface area contributed by atoms with Gasteiger partial charge in [0.25, 0.3) is 0 Å². The Morgan fingerprint density at radius 3 is 1.35 bits per heavy atom. The van der Waals surface area contributed by atoms with Crippen LogP contribution in [0.5, 0.6) is 0 Å². The molecule has 4 heteroatoms. The van der Waals surface area contributed by atoms with Crippen LogP contribution in [0.25, 0.3) is 0 Å². The fourth-order valence-electron chi connectivity index (χ4n) is 7.24. The number of hydrogen-bond acceptors (Lipinski definition) is 4. The van der Waals surface area contributed by atoms with E-state index in [1.54, 1.807) is 0 Å². The lowest BCUT2D eigenvalue weighted by molar-refractivity contribution is -0.0541. The van der Waals surface area contributed by atoms with Crippen molar-refractivity contribution in [3.05, 3.63) is 0 Å². The quantitative estimate of drug-likeness (QED) is 0.333. The summed E-state index contributed by atoms with van der Waals surface area (Å²) >= 11 is 0. The summed E-state index contributed by atoms with van der Waals surface area (Å²) in [5.41, 5.74) is 1.08. The second-order valence-electron chi connectivity index (χ2n) is 14.7. The molecule has 2 fully saturated rings. The van der Waals surface area contributed by atoms with Crippen LogP contribution in [0.4, 0.5) is 0 Å². The molecule has 2 aliphatic heterocycles. The van der Waals surface area contributed by atoms with Crippen LogP contribution in [-0.4, -0.2) is 94.1 Å². The lowest BCUT2D eigenvalue weighted by atomic mass is 9.76. The van der Waals surface area contributed by atoms with Crippen molar-refractivity contribution in [2.24, 2.45) is 0 Å². The zero-order valence-corrected chi connectivity index (χ0v) is 25.6. The fraction of sp³-hybridized carbons (Fsp3) is 1.00. The van der Waals surface area contributed by atoms with E-state index in [2.05, 4.69) is 110 Å². The molecule has 0 aliphatic carbocycles. The fourth-order valence-corrected chi connectivity index (χ4v) is 7.24. The highest BCUT2D eigenvalue weighted by Crippen LogP contribution is 2.40. The normalized spacial score (nSPS) is 26.1. The van der Waals surface area contributed by atoms with Crippen LogP contribution in [-0.2, 0) is 0 Å². The minimum absolute atomic E-state index is 0.265. The Balaban J connectivity index is 1.78. The van der Waals surface area contributed by atoms with Gasteiger partial charge in [-0.1, -0.05) is 12.8 Å². The first kappa shape index (κ1) is 30.1. The van der Waals surface area contributed by atoms with E-state index in [-0.39, 0.29) is 22.2 Å². The van der Waals surface area contributed by atoms with Crippen molar-refractivity contribution in [1.29, 1.82) is 0 Å². The number of hydrogen-bond donors (Lipinski definition) is 0. The summed E-state index contributed by atoms with van der Waals surface area (Å²) in [6.07, 6.45) is 10.5. The van der Waals surface area contributed by atoms with Gasteiger partial charge >= 0.3 is 0 Å². The molecule has 0 unspecified atom stereocenters. The summed E-state index contributed by atoms with van der Waals surface area (Å²) in [6.45, 7) is 26.7. The number of piperidine rings is 2. The largest absolute Gasteiger partial charge is 0.303 e. The van der Waals surface area contributed by atoms with Gasteiger partial charge in [0.05, 0.1) is 0 Å². The van der Waals surface area contributed by atoms with Gasteiger partial charge in [0.1, 0.15) is 0 Å². The second-order valence-corrected chi connectivity index (χ2v) is 14.7. The van der Waals surface area contributed by atoms with Crippen LogP contribution in [0.2, 0.25) is 0 Å². The van der Waals surface area contributed by atoms with Gasteiger partial charge in [-0.3, -0.25) is 14.7 Å². The average molecular weight is 479 g/mol. The van der Waals surface area contributed by atoms with Crippen molar-refractivity contribution in [3.63, 3.8) is 0 Å². The molecule has 0 bridgehead atoms. The van der Waals surface area contributed by atoms with Crippen LogP contribution in [0.15, 0.2) is 0 Å². The molecule has 2 saturated heterocycles. The minimum atomic E-state index is 0.265.